The van der Waals surface area contributed by atoms with Crippen molar-refractivity contribution in [2.24, 2.45) is 0 Å². The molecule has 8 heteroatoms. The van der Waals surface area contributed by atoms with Gasteiger partial charge in [0.2, 0.25) is 21.8 Å². The molecule has 5 rings (SSSR count). The summed E-state index contributed by atoms with van der Waals surface area (Å²) in [4.78, 5) is 27.1. The first kappa shape index (κ1) is 24.9. The minimum Gasteiger partial charge on any atom is -0.337 e. The molecular weight excluding hydrogens is 486 g/mol. The normalized spacial score (nSPS) is 16.4. The number of amides is 2. The van der Waals surface area contributed by atoms with Gasteiger partial charge in [0.15, 0.2) is 0 Å². The van der Waals surface area contributed by atoms with Gasteiger partial charge in [-0.15, -0.1) is 0 Å². The van der Waals surface area contributed by atoms with E-state index in [0.717, 1.165) is 16.7 Å². The van der Waals surface area contributed by atoms with Gasteiger partial charge in [-0.25, -0.2) is 8.42 Å². The van der Waals surface area contributed by atoms with Gasteiger partial charge in [-0.1, -0.05) is 66.7 Å². The van der Waals surface area contributed by atoms with Crippen molar-refractivity contribution in [2.45, 2.75) is 36.6 Å². The molecule has 0 saturated carbocycles. The number of hydrogen-bond donors (Lipinski definition) is 2. The molecule has 2 heterocycles. The molecule has 0 spiro atoms. The predicted octanol–water partition coefficient (Wildman–Crippen LogP) is 3.78. The average Bonchev–Trinajstić information content (AvgIpc) is 2.93. The van der Waals surface area contributed by atoms with Crippen LogP contribution in [0.3, 0.4) is 0 Å². The van der Waals surface area contributed by atoms with Crippen LogP contribution in [-0.2, 0) is 32.5 Å². The molecular formula is C29H29N3O4S. The third-order valence-electron chi connectivity index (χ3n) is 6.83. The van der Waals surface area contributed by atoms with Crippen molar-refractivity contribution in [3.8, 4) is 0 Å². The van der Waals surface area contributed by atoms with E-state index in [-0.39, 0.29) is 23.1 Å². The van der Waals surface area contributed by atoms with Gasteiger partial charge in [-0.05, 0) is 59.7 Å². The topological polar surface area (TPSA) is 95.6 Å². The van der Waals surface area contributed by atoms with E-state index in [1.54, 1.807) is 17.0 Å². The van der Waals surface area contributed by atoms with E-state index >= 15 is 0 Å². The Morgan fingerprint density at radius 3 is 2.38 bits per heavy atom. The third kappa shape index (κ3) is 5.81. The first-order chi connectivity index (χ1) is 17.9. The monoisotopic (exact) mass is 515 g/mol. The van der Waals surface area contributed by atoms with Crippen LogP contribution in [0.4, 0.5) is 5.69 Å². The first-order valence-electron chi connectivity index (χ1n) is 12.4. The molecule has 3 aromatic carbocycles. The minimum atomic E-state index is -3.99. The molecule has 0 radical (unpaired) electrons. The number of nitrogens with one attached hydrogen (secondary N) is 2. The second-order valence-corrected chi connectivity index (χ2v) is 11.1. The highest BCUT2D eigenvalue weighted by atomic mass is 32.2. The summed E-state index contributed by atoms with van der Waals surface area (Å²) in [6.45, 7) is 0.944. The number of sulfonamides is 1. The van der Waals surface area contributed by atoms with Crippen LogP contribution in [0.5, 0.6) is 0 Å². The van der Waals surface area contributed by atoms with Gasteiger partial charge in [-0.2, -0.15) is 4.72 Å². The van der Waals surface area contributed by atoms with Gasteiger partial charge in [-0.3, -0.25) is 9.59 Å². The summed E-state index contributed by atoms with van der Waals surface area (Å²) in [5, 5.41) is 2.77. The molecule has 190 valence electrons. The molecule has 0 aromatic heterocycles. The highest BCUT2D eigenvalue weighted by Gasteiger charge is 2.31. The van der Waals surface area contributed by atoms with E-state index in [4.69, 9.17) is 0 Å². The van der Waals surface area contributed by atoms with Crippen LogP contribution in [-0.4, -0.2) is 44.3 Å². The van der Waals surface area contributed by atoms with E-state index in [0.29, 0.717) is 38.0 Å². The fourth-order valence-corrected chi connectivity index (χ4v) is 6.05. The number of fused-ring (bicyclic) bond motifs is 1. The minimum absolute atomic E-state index is 0.0816. The van der Waals surface area contributed by atoms with Crippen LogP contribution in [0.15, 0.2) is 89.8 Å². The molecule has 0 aliphatic carbocycles. The number of carbonyl (C=O) groups is 2. The van der Waals surface area contributed by atoms with Crippen molar-refractivity contribution < 1.29 is 18.0 Å². The van der Waals surface area contributed by atoms with E-state index in [1.807, 2.05) is 54.6 Å². The van der Waals surface area contributed by atoms with Crippen LogP contribution in [0.2, 0.25) is 0 Å². The lowest BCUT2D eigenvalue weighted by atomic mass is 9.98. The molecule has 2 N–H and O–H groups in total. The van der Waals surface area contributed by atoms with E-state index in [9.17, 15) is 18.0 Å². The van der Waals surface area contributed by atoms with Crippen molar-refractivity contribution in [2.75, 3.05) is 18.4 Å². The van der Waals surface area contributed by atoms with Crippen molar-refractivity contribution in [1.29, 1.82) is 0 Å². The zero-order valence-corrected chi connectivity index (χ0v) is 21.2. The summed E-state index contributed by atoms with van der Waals surface area (Å²) < 4.78 is 29.5. The fraction of sp³-hybridized carbons (Fsp3) is 0.241. The Hall–Kier alpha value is -3.75. The van der Waals surface area contributed by atoms with Crippen LogP contribution in [0.1, 0.15) is 29.5 Å². The van der Waals surface area contributed by atoms with Gasteiger partial charge in [0.1, 0.15) is 6.04 Å². The van der Waals surface area contributed by atoms with Crippen LogP contribution < -0.4 is 10.0 Å². The quantitative estimate of drug-likeness (QED) is 0.501. The Morgan fingerprint density at radius 1 is 0.946 bits per heavy atom. The van der Waals surface area contributed by atoms with E-state index in [2.05, 4.69) is 22.2 Å². The lowest BCUT2D eigenvalue weighted by Crippen LogP contribution is -2.50. The maximum Gasteiger partial charge on any atom is 0.241 e. The number of carbonyl (C=O) groups excluding carboxylic acids is 2. The van der Waals surface area contributed by atoms with Crippen molar-refractivity contribution in [3.63, 3.8) is 0 Å². The molecule has 0 bridgehead atoms. The molecule has 2 amide bonds. The standard InChI is InChI=1S/C29H29N3O4S/c33-28-14-11-24-20-25(12-13-26(24)30-28)37(35,36)31-27(19-21-7-3-1-4-8-21)29(34)32-17-15-23(16-18-32)22-9-5-2-6-10-22/h1-10,12-13,15,20,27,31H,11,14,16-19H2,(H,30,33)/t27-/m0/s1. The maximum atomic E-state index is 13.6. The molecule has 0 unspecified atom stereocenters. The lowest BCUT2D eigenvalue weighted by Gasteiger charge is -2.30. The fourth-order valence-electron chi connectivity index (χ4n) is 4.82. The second kappa shape index (κ2) is 10.7. The van der Waals surface area contributed by atoms with Crippen LogP contribution in [0.25, 0.3) is 5.57 Å². The number of anilines is 1. The van der Waals surface area contributed by atoms with Gasteiger partial charge < -0.3 is 10.2 Å². The second-order valence-electron chi connectivity index (χ2n) is 9.36. The highest BCUT2D eigenvalue weighted by molar-refractivity contribution is 7.89. The Labute approximate surface area is 217 Å². The smallest absolute Gasteiger partial charge is 0.241 e. The molecule has 7 nitrogen and oxygen atoms in total. The number of aryl methyl sites for hydroxylation is 1. The largest absolute Gasteiger partial charge is 0.337 e. The summed E-state index contributed by atoms with van der Waals surface area (Å²) in [7, 11) is -3.99. The van der Waals surface area contributed by atoms with E-state index < -0.39 is 16.1 Å². The van der Waals surface area contributed by atoms with Gasteiger partial charge >= 0.3 is 0 Å². The third-order valence-corrected chi connectivity index (χ3v) is 8.30. The average molecular weight is 516 g/mol. The molecule has 37 heavy (non-hydrogen) atoms. The molecule has 1 atom stereocenters. The van der Waals surface area contributed by atoms with Gasteiger partial charge in [0.25, 0.3) is 0 Å². The Morgan fingerprint density at radius 2 is 1.68 bits per heavy atom. The Balaban J connectivity index is 1.37. The highest BCUT2D eigenvalue weighted by Crippen LogP contribution is 2.26. The Kier molecular flexibility index (Phi) is 7.21. The van der Waals surface area contributed by atoms with Crippen molar-refractivity contribution in [1.82, 2.24) is 9.62 Å². The molecule has 0 saturated heterocycles. The number of hydrogen-bond acceptors (Lipinski definition) is 4. The van der Waals surface area contributed by atoms with Crippen molar-refractivity contribution >= 4 is 33.1 Å². The maximum absolute atomic E-state index is 13.6. The summed E-state index contributed by atoms with van der Waals surface area (Å²) in [5.74, 6) is -0.332. The summed E-state index contributed by atoms with van der Waals surface area (Å²) in [6, 6.07) is 23.2. The van der Waals surface area contributed by atoms with Crippen LogP contribution in [0, 0.1) is 0 Å². The molecule has 0 fully saturated rings. The molecule has 3 aromatic rings. The predicted molar refractivity (Wildman–Crippen MR) is 143 cm³/mol. The van der Waals surface area contributed by atoms with E-state index in [1.165, 1.54) is 11.6 Å². The SMILES string of the molecule is O=C1CCc2cc(S(=O)(=O)N[C@@H](Cc3ccccc3)C(=O)N3CC=C(c4ccccc4)CC3)ccc2N1. The van der Waals surface area contributed by atoms with Crippen molar-refractivity contribution in [3.05, 3.63) is 102 Å². The number of nitrogens with zero attached hydrogens (tertiary/aromatic N) is 1. The lowest BCUT2D eigenvalue weighted by molar-refractivity contribution is -0.132. The molecule has 2 aliphatic heterocycles. The van der Waals surface area contributed by atoms with Gasteiger partial charge in [0.05, 0.1) is 4.90 Å². The zero-order valence-electron chi connectivity index (χ0n) is 20.4. The zero-order chi connectivity index (χ0) is 25.8. The summed E-state index contributed by atoms with van der Waals surface area (Å²) >= 11 is 0. The first-order valence-corrected chi connectivity index (χ1v) is 13.9. The van der Waals surface area contributed by atoms with Gasteiger partial charge in [0, 0.05) is 25.2 Å². The number of rotatable bonds is 7. The Bertz CT molecular complexity index is 1440. The van der Waals surface area contributed by atoms with Crippen LogP contribution >= 0.6 is 0 Å². The summed E-state index contributed by atoms with van der Waals surface area (Å²) in [5.41, 5.74) is 4.59. The number of benzene rings is 3. The molecule has 2 aliphatic rings. The summed E-state index contributed by atoms with van der Waals surface area (Å²) in [6.07, 6.45) is 3.78.